The lowest BCUT2D eigenvalue weighted by Crippen LogP contribution is -2.28. The van der Waals surface area contributed by atoms with Gasteiger partial charge in [0.1, 0.15) is 0 Å². The van der Waals surface area contributed by atoms with Crippen molar-refractivity contribution in [3.63, 3.8) is 0 Å². The van der Waals surface area contributed by atoms with Gasteiger partial charge in [-0.1, -0.05) is 36.2 Å². The molecular weight excluding hydrogens is 298 g/mol. The molecule has 0 amide bonds. The van der Waals surface area contributed by atoms with Gasteiger partial charge < -0.3 is 4.52 Å². The van der Waals surface area contributed by atoms with Crippen LogP contribution in [-0.2, 0) is 6.54 Å². The minimum Gasteiger partial charge on any atom is -0.359 e. The van der Waals surface area contributed by atoms with E-state index < -0.39 is 0 Å². The molecule has 0 saturated carbocycles. The molecule has 0 radical (unpaired) electrons. The number of hydrogen-bond donors (Lipinski definition) is 0. The lowest BCUT2D eigenvalue weighted by Gasteiger charge is -2.28. The summed E-state index contributed by atoms with van der Waals surface area (Å²) in [5.41, 5.74) is 3.36. The third kappa shape index (κ3) is 3.06. The molecule has 4 nitrogen and oxygen atoms in total. The molecule has 1 atom stereocenters. The number of para-hydroxylation sites is 1. The van der Waals surface area contributed by atoms with Gasteiger partial charge in [0.05, 0.1) is 17.3 Å². The number of nitrogens with zero attached hydrogens (tertiary/aromatic N) is 3. The van der Waals surface area contributed by atoms with Crippen molar-refractivity contribution in [2.24, 2.45) is 0 Å². The normalized spacial score (nSPS) is 19.5. The van der Waals surface area contributed by atoms with Gasteiger partial charge in [-0.25, -0.2) is 0 Å². The molecule has 1 fully saturated rings. The highest BCUT2D eigenvalue weighted by Gasteiger charge is 2.26. The molecule has 0 bridgehead atoms. The molecule has 0 N–H and O–H groups in total. The van der Waals surface area contributed by atoms with E-state index in [1.165, 1.54) is 30.2 Å². The zero-order valence-corrected chi connectivity index (χ0v) is 14.1. The fourth-order valence-electron chi connectivity index (χ4n) is 3.73. The molecule has 124 valence electrons. The van der Waals surface area contributed by atoms with E-state index in [1.807, 2.05) is 19.2 Å². The monoisotopic (exact) mass is 321 g/mol. The quantitative estimate of drug-likeness (QED) is 0.704. The van der Waals surface area contributed by atoms with E-state index >= 15 is 0 Å². The highest BCUT2D eigenvalue weighted by atomic mass is 16.5. The summed E-state index contributed by atoms with van der Waals surface area (Å²) in [4.78, 5) is 7.04. The summed E-state index contributed by atoms with van der Waals surface area (Å²) in [5.74, 6) is 1.01. The van der Waals surface area contributed by atoms with Crippen molar-refractivity contribution < 1.29 is 4.52 Å². The second kappa shape index (κ2) is 6.73. The summed E-state index contributed by atoms with van der Waals surface area (Å²) in [5, 5.41) is 5.35. The number of aryl methyl sites for hydroxylation is 1. The Hall–Kier alpha value is -2.20. The van der Waals surface area contributed by atoms with Crippen LogP contribution in [0.5, 0.6) is 0 Å². The molecule has 1 aromatic carbocycles. The fourth-order valence-corrected chi connectivity index (χ4v) is 3.73. The number of hydrogen-bond acceptors (Lipinski definition) is 4. The molecule has 2 aromatic heterocycles. The first-order chi connectivity index (χ1) is 11.8. The summed E-state index contributed by atoms with van der Waals surface area (Å²) in [6.45, 7) is 4.01. The zero-order valence-electron chi connectivity index (χ0n) is 14.1. The van der Waals surface area contributed by atoms with Crippen molar-refractivity contribution in [1.29, 1.82) is 0 Å². The highest BCUT2D eigenvalue weighted by Crippen LogP contribution is 2.32. The highest BCUT2D eigenvalue weighted by molar-refractivity contribution is 5.81. The van der Waals surface area contributed by atoms with Gasteiger partial charge in [0.15, 0.2) is 5.76 Å². The maximum Gasteiger partial charge on any atom is 0.154 e. The Morgan fingerprint density at radius 3 is 2.96 bits per heavy atom. The van der Waals surface area contributed by atoms with Gasteiger partial charge in [0.25, 0.3) is 0 Å². The third-order valence-electron chi connectivity index (χ3n) is 4.95. The van der Waals surface area contributed by atoms with Gasteiger partial charge in [-0.15, -0.1) is 0 Å². The number of fused-ring (bicyclic) bond motifs is 1. The van der Waals surface area contributed by atoms with Crippen LogP contribution in [0.25, 0.3) is 10.9 Å². The molecule has 3 heterocycles. The van der Waals surface area contributed by atoms with Crippen LogP contribution in [0, 0.1) is 6.92 Å². The van der Waals surface area contributed by atoms with Crippen molar-refractivity contribution in [2.45, 2.75) is 45.2 Å². The first-order valence-corrected chi connectivity index (χ1v) is 8.81. The molecule has 0 aliphatic carbocycles. The number of aromatic nitrogens is 2. The minimum absolute atomic E-state index is 0.320. The van der Waals surface area contributed by atoms with E-state index in [4.69, 9.17) is 4.52 Å². The smallest absolute Gasteiger partial charge is 0.154 e. The maximum absolute atomic E-state index is 5.61. The molecule has 24 heavy (non-hydrogen) atoms. The molecule has 3 aromatic rings. The first-order valence-electron chi connectivity index (χ1n) is 8.81. The largest absolute Gasteiger partial charge is 0.359 e. The van der Waals surface area contributed by atoms with E-state index in [0.717, 1.165) is 36.5 Å². The van der Waals surface area contributed by atoms with E-state index in [2.05, 4.69) is 45.4 Å². The second-order valence-corrected chi connectivity index (χ2v) is 6.69. The Morgan fingerprint density at radius 1 is 1.17 bits per heavy atom. The standard InChI is InChI=1S/C20H23N3O/c1-15-13-20(24-22-15)19-9-3-2-6-12-23(19)14-16-10-11-21-18-8-5-4-7-17(16)18/h4-5,7-8,10-11,13,19H,2-3,6,9,12,14H2,1H3/t19-/m0/s1. The Labute approximate surface area is 142 Å². The lowest BCUT2D eigenvalue weighted by molar-refractivity contribution is 0.160. The molecular formula is C20H23N3O. The van der Waals surface area contributed by atoms with E-state index in [1.54, 1.807) is 0 Å². The van der Waals surface area contributed by atoms with Crippen molar-refractivity contribution in [1.82, 2.24) is 15.0 Å². The van der Waals surface area contributed by atoms with Crippen molar-refractivity contribution in [3.05, 3.63) is 59.6 Å². The Balaban J connectivity index is 1.66. The molecule has 0 unspecified atom stereocenters. The summed E-state index contributed by atoms with van der Waals surface area (Å²) in [6, 6.07) is 12.9. The van der Waals surface area contributed by atoms with Gasteiger partial charge in [-0.05, 0) is 44.0 Å². The number of benzene rings is 1. The first kappa shape index (κ1) is 15.3. The van der Waals surface area contributed by atoms with Gasteiger partial charge in [-0.2, -0.15) is 0 Å². The van der Waals surface area contributed by atoms with Crippen LogP contribution in [-0.4, -0.2) is 21.6 Å². The Morgan fingerprint density at radius 2 is 2.08 bits per heavy atom. The van der Waals surface area contributed by atoms with Crippen LogP contribution in [0.4, 0.5) is 0 Å². The van der Waals surface area contributed by atoms with E-state index in [0.29, 0.717) is 6.04 Å². The predicted molar refractivity (Wildman–Crippen MR) is 94.6 cm³/mol. The Bertz CT molecular complexity index is 821. The Kier molecular flexibility index (Phi) is 4.30. The van der Waals surface area contributed by atoms with Crippen LogP contribution in [0.15, 0.2) is 47.1 Å². The number of pyridine rings is 1. The van der Waals surface area contributed by atoms with Crippen molar-refractivity contribution >= 4 is 10.9 Å². The molecule has 0 spiro atoms. The molecule has 4 rings (SSSR count). The summed E-state index contributed by atoms with van der Waals surface area (Å²) < 4.78 is 5.61. The topological polar surface area (TPSA) is 42.2 Å². The fraction of sp³-hybridized carbons (Fsp3) is 0.400. The van der Waals surface area contributed by atoms with Gasteiger partial charge in [0.2, 0.25) is 0 Å². The number of likely N-dealkylation sites (tertiary alicyclic amines) is 1. The minimum atomic E-state index is 0.320. The van der Waals surface area contributed by atoms with Gasteiger partial charge in [0, 0.05) is 24.2 Å². The van der Waals surface area contributed by atoms with E-state index in [-0.39, 0.29) is 0 Å². The summed E-state index contributed by atoms with van der Waals surface area (Å²) in [7, 11) is 0. The van der Waals surface area contributed by atoms with E-state index in [9.17, 15) is 0 Å². The zero-order chi connectivity index (χ0) is 16.4. The molecule has 1 aliphatic heterocycles. The van der Waals surface area contributed by atoms with Gasteiger partial charge >= 0.3 is 0 Å². The lowest BCUT2D eigenvalue weighted by atomic mass is 10.0. The van der Waals surface area contributed by atoms with Crippen molar-refractivity contribution in [2.75, 3.05) is 6.54 Å². The van der Waals surface area contributed by atoms with Crippen LogP contribution >= 0.6 is 0 Å². The summed E-state index contributed by atoms with van der Waals surface area (Å²) >= 11 is 0. The van der Waals surface area contributed by atoms with Crippen molar-refractivity contribution in [3.8, 4) is 0 Å². The summed E-state index contributed by atoms with van der Waals surface area (Å²) in [6.07, 6.45) is 6.84. The maximum atomic E-state index is 5.61. The van der Waals surface area contributed by atoms with Crippen LogP contribution < -0.4 is 0 Å². The molecule has 1 saturated heterocycles. The third-order valence-corrected chi connectivity index (χ3v) is 4.95. The van der Waals surface area contributed by atoms with Crippen LogP contribution in [0.2, 0.25) is 0 Å². The molecule has 4 heteroatoms. The average Bonchev–Trinajstić information content (AvgIpc) is 2.90. The predicted octanol–water partition coefficient (Wildman–Crippen LogP) is 4.65. The van der Waals surface area contributed by atoms with Crippen LogP contribution in [0.3, 0.4) is 0 Å². The molecule has 1 aliphatic rings. The SMILES string of the molecule is Cc1cc([C@@H]2CCCCCN2Cc2ccnc3ccccc23)on1. The number of rotatable bonds is 3. The van der Waals surface area contributed by atoms with Crippen LogP contribution in [0.1, 0.15) is 48.7 Å². The second-order valence-electron chi connectivity index (χ2n) is 6.69. The van der Waals surface area contributed by atoms with Gasteiger partial charge in [-0.3, -0.25) is 9.88 Å². The average molecular weight is 321 g/mol.